The molecule has 1 fully saturated rings. The Morgan fingerprint density at radius 2 is 1.93 bits per heavy atom. The molecule has 1 aliphatic carbocycles. The van der Waals surface area contributed by atoms with Gasteiger partial charge in [-0.05, 0) is 19.1 Å². The maximum absolute atomic E-state index is 12.6. The molecule has 0 radical (unpaired) electrons. The van der Waals surface area contributed by atoms with Crippen molar-refractivity contribution in [3.05, 3.63) is 36.5 Å². The molecule has 2 aromatic rings. The number of anilines is 1. The third-order valence-corrected chi connectivity index (χ3v) is 5.55. The van der Waals surface area contributed by atoms with E-state index in [1.165, 1.54) is 0 Å². The number of hydrogen-bond acceptors (Lipinski definition) is 5. The number of carbonyl (C=O) groups is 2. The van der Waals surface area contributed by atoms with Gasteiger partial charge < -0.3 is 21.1 Å². The molecule has 7 nitrogen and oxygen atoms in total. The van der Waals surface area contributed by atoms with E-state index in [9.17, 15) is 9.59 Å². The van der Waals surface area contributed by atoms with E-state index in [1.54, 1.807) is 12.3 Å². The molecule has 4 N–H and O–H groups in total. The summed E-state index contributed by atoms with van der Waals surface area (Å²) < 4.78 is 5.64. The Morgan fingerprint density at radius 1 is 1.24 bits per heavy atom. The van der Waals surface area contributed by atoms with E-state index in [0.717, 1.165) is 5.39 Å². The third kappa shape index (κ3) is 4.64. The fourth-order valence-corrected chi connectivity index (χ4v) is 3.54. The lowest BCUT2D eigenvalue weighted by atomic mass is 9.54. The Bertz CT molecular complexity index is 872. The number of aromatic nitrogens is 1. The first-order valence-corrected chi connectivity index (χ1v) is 9.12. The average Bonchev–Trinajstić information content (AvgIpc) is 2.66. The van der Waals surface area contributed by atoms with E-state index in [0.29, 0.717) is 24.2 Å². The lowest BCUT2D eigenvalue weighted by molar-refractivity contribution is -0.170. The largest absolute Gasteiger partial charge is 0.378 e. The number of nitrogens with one attached hydrogen (secondary N) is 2. The molecular formula is C20H28Cl2N4O3. The van der Waals surface area contributed by atoms with Gasteiger partial charge in [-0.1, -0.05) is 32.0 Å². The number of hydrogen-bond donors (Lipinski definition) is 3. The Morgan fingerprint density at radius 3 is 2.59 bits per heavy atom. The van der Waals surface area contributed by atoms with Gasteiger partial charge in [-0.25, -0.2) is 0 Å². The molecule has 2 amide bonds. The first-order valence-electron chi connectivity index (χ1n) is 9.12. The van der Waals surface area contributed by atoms with Gasteiger partial charge >= 0.3 is 0 Å². The zero-order chi connectivity index (χ0) is 19.7. The Hall–Kier alpha value is -1.93. The van der Waals surface area contributed by atoms with Crippen LogP contribution in [0.15, 0.2) is 36.5 Å². The van der Waals surface area contributed by atoms with E-state index in [4.69, 9.17) is 10.5 Å². The van der Waals surface area contributed by atoms with Crippen molar-refractivity contribution in [2.45, 2.75) is 38.8 Å². The van der Waals surface area contributed by atoms with Crippen molar-refractivity contribution in [2.75, 3.05) is 18.5 Å². The highest BCUT2D eigenvalue weighted by Gasteiger charge is 2.62. The van der Waals surface area contributed by atoms with Gasteiger partial charge in [-0.15, -0.1) is 24.8 Å². The predicted molar refractivity (Wildman–Crippen MR) is 119 cm³/mol. The summed E-state index contributed by atoms with van der Waals surface area (Å²) in [6, 6.07) is 9.31. The summed E-state index contributed by atoms with van der Waals surface area (Å²) in [6.07, 6.45) is 2.05. The summed E-state index contributed by atoms with van der Waals surface area (Å²) in [5.41, 5.74) is 6.09. The quantitative estimate of drug-likeness (QED) is 0.637. The average molecular weight is 443 g/mol. The highest BCUT2D eigenvalue weighted by Crippen LogP contribution is 2.49. The van der Waals surface area contributed by atoms with Crippen molar-refractivity contribution in [1.29, 1.82) is 0 Å². The molecule has 0 aliphatic heterocycles. The normalized spacial score (nSPS) is 21.9. The molecule has 160 valence electrons. The van der Waals surface area contributed by atoms with E-state index in [-0.39, 0.29) is 49.3 Å². The Balaban J connectivity index is 0.00000210. The number of nitrogens with zero attached hydrogens (tertiary/aromatic N) is 1. The number of para-hydroxylation sites is 1. The summed E-state index contributed by atoms with van der Waals surface area (Å²) in [5, 5.41) is 6.38. The zero-order valence-corrected chi connectivity index (χ0v) is 18.4. The Labute approximate surface area is 183 Å². The summed E-state index contributed by atoms with van der Waals surface area (Å²) in [7, 11) is 0. The molecule has 0 bridgehead atoms. The molecule has 1 aromatic heterocycles. The van der Waals surface area contributed by atoms with Crippen LogP contribution in [-0.2, 0) is 14.3 Å². The van der Waals surface area contributed by atoms with E-state index < -0.39 is 11.0 Å². The van der Waals surface area contributed by atoms with Crippen molar-refractivity contribution in [3.8, 4) is 0 Å². The lowest BCUT2D eigenvalue weighted by Crippen LogP contribution is -2.76. The van der Waals surface area contributed by atoms with Crippen LogP contribution < -0.4 is 16.4 Å². The molecule has 0 saturated heterocycles. The van der Waals surface area contributed by atoms with Gasteiger partial charge in [0.15, 0.2) is 0 Å². The summed E-state index contributed by atoms with van der Waals surface area (Å²) in [5.74, 6) is -0.668. The van der Waals surface area contributed by atoms with Crippen molar-refractivity contribution < 1.29 is 14.3 Å². The van der Waals surface area contributed by atoms with Crippen LogP contribution in [-0.4, -0.2) is 41.6 Å². The van der Waals surface area contributed by atoms with Crippen LogP contribution in [0.2, 0.25) is 0 Å². The van der Waals surface area contributed by atoms with Crippen LogP contribution in [0, 0.1) is 5.41 Å². The van der Waals surface area contributed by atoms with Gasteiger partial charge in [0, 0.05) is 30.0 Å². The number of nitrogens with two attached hydrogens (primary N) is 1. The highest BCUT2D eigenvalue weighted by atomic mass is 35.5. The van der Waals surface area contributed by atoms with E-state index in [2.05, 4.69) is 15.6 Å². The van der Waals surface area contributed by atoms with Gasteiger partial charge in [0.05, 0.1) is 23.9 Å². The number of amides is 2. The van der Waals surface area contributed by atoms with Gasteiger partial charge in [0.2, 0.25) is 11.8 Å². The number of benzene rings is 1. The second kappa shape index (κ2) is 9.71. The van der Waals surface area contributed by atoms with Crippen LogP contribution in [0.4, 0.5) is 5.69 Å². The second-order valence-corrected chi connectivity index (χ2v) is 7.45. The fraction of sp³-hybridized carbons (Fsp3) is 0.450. The summed E-state index contributed by atoms with van der Waals surface area (Å²) >= 11 is 0. The van der Waals surface area contributed by atoms with Gasteiger partial charge in [0.1, 0.15) is 5.54 Å². The third-order valence-electron chi connectivity index (χ3n) is 5.55. The first-order chi connectivity index (χ1) is 12.8. The van der Waals surface area contributed by atoms with Gasteiger partial charge in [-0.2, -0.15) is 0 Å². The van der Waals surface area contributed by atoms with E-state index in [1.807, 2.05) is 45.0 Å². The number of ether oxygens (including phenoxy) is 1. The minimum absolute atomic E-state index is 0. The molecular weight excluding hydrogens is 415 g/mol. The van der Waals surface area contributed by atoms with Crippen LogP contribution in [0.5, 0.6) is 0 Å². The minimum Gasteiger partial charge on any atom is -0.378 e. The van der Waals surface area contributed by atoms with Crippen LogP contribution in [0.3, 0.4) is 0 Å². The second-order valence-electron chi connectivity index (χ2n) is 7.45. The lowest BCUT2D eigenvalue weighted by Gasteiger charge is -2.57. The molecule has 1 aromatic carbocycles. The first kappa shape index (κ1) is 25.1. The highest BCUT2D eigenvalue weighted by molar-refractivity contribution is 6.02. The molecule has 9 heteroatoms. The molecule has 1 aliphatic rings. The van der Waals surface area contributed by atoms with Gasteiger partial charge in [0.25, 0.3) is 0 Å². The van der Waals surface area contributed by atoms with E-state index >= 15 is 0 Å². The topological polar surface area (TPSA) is 106 Å². The van der Waals surface area contributed by atoms with Crippen molar-refractivity contribution >= 4 is 53.2 Å². The number of halogens is 2. The number of fused-ring (bicyclic) bond motifs is 1. The van der Waals surface area contributed by atoms with Crippen molar-refractivity contribution in [3.63, 3.8) is 0 Å². The summed E-state index contributed by atoms with van der Waals surface area (Å²) in [4.78, 5) is 29.2. The van der Waals surface area contributed by atoms with Crippen molar-refractivity contribution in [2.24, 2.45) is 11.1 Å². The number of rotatable bonds is 6. The minimum atomic E-state index is -1.05. The molecule has 2 atom stereocenters. The molecule has 0 spiro atoms. The molecule has 2 unspecified atom stereocenters. The molecule has 1 saturated carbocycles. The predicted octanol–water partition coefficient (Wildman–Crippen LogP) is 2.67. The standard InChI is InChI=1S/C20H26N4O3.2ClH/c1-4-27-15-11-20(21,19(15,2)3)18(26)23-12-16(25)24-14-9-5-7-13-8-6-10-22-17(13)14;;/h5-10,15H,4,11-12,21H2,1-3H3,(H,23,26)(H,24,25);2*1H. The zero-order valence-electron chi connectivity index (χ0n) is 16.7. The van der Waals surface area contributed by atoms with Crippen LogP contribution >= 0.6 is 24.8 Å². The number of carbonyl (C=O) groups excluding carboxylic acids is 2. The SMILES string of the molecule is CCOC1CC(N)(C(=O)NCC(=O)Nc2cccc3cccnc23)C1(C)C.Cl.Cl. The van der Waals surface area contributed by atoms with Crippen molar-refractivity contribution in [1.82, 2.24) is 10.3 Å². The Kier molecular flexibility index (Phi) is 8.41. The maximum atomic E-state index is 12.6. The molecule has 3 rings (SSSR count). The molecule has 29 heavy (non-hydrogen) atoms. The monoisotopic (exact) mass is 442 g/mol. The van der Waals surface area contributed by atoms with Crippen LogP contribution in [0.1, 0.15) is 27.2 Å². The van der Waals surface area contributed by atoms with Gasteiger partial charge in [-0.3, -0.25) is 14.6 Å². The molecule has 1 heterocycles. The number of pyridine rings is 1. The summed E-state index contributed by atoms with van der Waals surface area (Å²) in [6.45, 7) is 6.17. The van der Waals surface area contributed by atoms with Crippen LogP contribution in [0.25, 0.3) is 10.9 Å². The maximum Gasteiger partial charge on any atom is 0.243 e. The smallest absolute Gasteiger partial charge is 0.243 e. The fourth-order valence-electron chi connectivity index (χ4n) is 3.54.